The Labute approximate surface area is 221 Å². The highest BCUT2D eigenvalue weighted by Gasteiger charge is 2.42. The average molecular weight is 574 g/mol. The molecule has 0 unspecified atom stereocenters. The molecule has 12 heteroatoms. The molecule has 37 heavy (non-hydrogen) atoms. The molecule has 0 atom stereocenters. The standard InChI is InChI=1S/C25H28BrN5O6/c1-29-14-16(24(33)36-3)11-18(22(29)32)19-13-28-30(2)23(19)37-10-4-7-25(8-9-25)15-27-20-12-17(26)5-6-21(20)31(34)35/h5-6,11-14,27H,4,7-10,15H2,1-3H3. The number of benzene rings is 1. The highest BCUT2D eigenvalue weighted by Crippen LogP contribution is 2.50. The number of halogens is 1. The molecule has 196 valence electrons. The summed E-state index contributed by atoms with van der Waals surface area (Å²) in [5.74, 6) is -0.105. The molecule has 1 aliphatic carbocycles. The quantitative estimate of drug-likeness (QED) is 0.155. The molecular weight excluding hydrogens is 546 g/mol. The minimum atomic E-state index is -0.542. The monoisotopic (exact) mass is 573 g/mol. The minimum Gasteiger partial charge on any atom is -0.477 e. The second kappa shape index (κ2) is 10.8. The van der Waals surface area contributed by atoms with E-state index in [9.17, 15) is 19.7 Å². The number of anilines is 1. The van der Waals surface area contributed by atoms with Crippen LogP contribution in [0.4, 0.5) is 11.4 Å². The lowest BCUT2D eigenvalue weighted by Gasteiger charge is -2.17. The maximum atomic E-state index is 12.8. The van der Waals surface area contributed by atoms with Crippen LogP contribution in [0, 0.1) is 15.5 Å². The summed E-state index contributed by atoms with van der Waals surface area (Å²) < 4.78 is 14.5. The normalized spacial score (nSPS) is 13.7. The van der Waals surface area contributed by atoms with E-state index in [1.165, 1.54) is 30.0 Å². The van der Waals surface area contributed by atoms with Gasteiger partial charge in [-0.3, -0.25) is 14.9 Å². The van der Waals surface area contributed by atoms with Crippen LogP contribution in [-0.2, 0) is 18.8 Å². The molecule has 0 saturated heterocycles. The molecule has 0 bridgehead atoms. The van der Waals surface area contributed by atoms with E-state index < -0.39 is 5.97 Å². The van der Waals surface area contributed by atoms with Crippen LogP contribution in [0.3, 0.4) is 0 Å². The first-order valence-electron chi connectivity index (χ1n) is 11.8. The van der Waals surface area contributed by atoms with E-state index in [0.717, 1.165) is 30.2 Å². The van der Waals surface area contributed by atoms with E-state index in [1.807, 2.05) is 0 Å². The summed E-state index contributed by atoms with van der Waals surface area (Å²) in [4.78, 5) is 35.8. The predicted molar refractivity (Wildman–Crippen MR) is 141 cm³/mol. The minimum absolute atomic E-state index is 0.0495. The number of esters is 1. The zero-order chi connectivity index (χ0) is 26.7. The predicted octanol–water partition coefficient (Wildman–Crippen LogP) is 4.29. The number of methoxy groups -OCH3 is 1. The van der Waals surface area contributed by atoms with Crippen LogP contribution < -0.4 is 15.6 Å². The fraction of sp³-hybridized carbons (Fsp3) is 0.400. The van der Waals surface area contributed by atoms with Gasteiger partial charge in [-0.05, 0) is 49.3 Å². The molecule has 2 heterocycles. The van der Waals surface area contributed by atoms with Gasteiger partial charge >= 0.3 is 5.97 Å². The summed E-state index contributed by atoms with van der Waals surface area (Å²) in [7, 11) is 4.58. The van der Waals surface area contributed by atoms with Gasteiger partial charge in [0.15, 0.2) is 0 Å². The largest absolute Gasteiger partial charge is 0.477 e. The van der Waals surface area contributed by atoms with Gasteiger partial charge in [0, 0.05) is 37.4 Å². The van der Waals surface area contributed by atoms with Gasteiger partial charge in [-0.25, -0.2) is 9.48 Å². The molecule has 11 nitrogen and oxygen atoms in total. The number of aromatic nitrogens is 3. The summed E-state index contributed by atoms with van der Waals surface area (Å²) in [5.41, 5.74) is 1.38. The zero-order valence-electron chi connectivity index (χ0n) is 20.8. The summed E-state index contributed by atoms with van der Waals surface area (Å²) in [6, 6.07) is 6.35. The molecule has 0 aliphatic heterocycles. The van der Waals surface area contributed by atoms with Crippen LogP contribution in [-0.4, -0.2) is 45.5 Å². The Morgan fingerprint density at radius 1 is 1.27 bits per heavy atom. The Morgan fingerprint density at radius 3 is 2.70 bits per heavy atom. The maximum Gasteiger partial charge on any atom is 0.339 e. The molecule has 1 N–H and O–H groups in total. The first-order chi connectivity index (χ1) is 17.6. The van der Waals surface area contributed by atoms with Gasteiger partial charge in [-0.1, -0.05) is 15.9 Å². The Hall–Kier alpha value is -3.67. The Bertz CT molecular complexity index is 1390. The van der Waals surface area contributed by atoms with Gasteiger partial charge in [0.1, 0.15) is 5.69 Å². The number of carbonyl (C=O) groups is 1. The fourth-order valence-corrected chi connectivity index (χ4v) is 4.68. The Morgan fingerprint density at radius 2 is 2.03 bits per heavy atom. The SMILES string of the molecule is COC(=O)c1cc(-c2cnn(C)c2OCCCC2(CNc3cc(Br)ccc3[N+](=O)[O-])CC2)c(=O)n(C)c1. The second-order valence-corrected chi connectivity index (χ2v) is 10.2. The van der Waals surface area contributed by atoms with Crippen LogP contribution in [0.15, 0.2) is 45.9 Å². The van der Waals surface area contributed by atoms with E-state index in [0.29, 0.717) is 35.8 Å². The van der Waals surface area contributed by atoms with E-state index in [2.05, 4.69) is 26.3 Å². The number of nitro groups is 1. The number of nitrogens with zero attached hydrogens (tertiary/aromatic N) is 4. The molecule has 1 aliphatic rings. The molecule has 4 rings (SSSR count). The van der Waals surface area contributed by atoms with Gasteiger partial charge in [0.2, 0.25) is 5.88 Å². The van der Waals surface area contributed by atoms with Crippen molar-refractivity contribution in [1.29, 1.82) is 0 Å². The van der Waals surface area contributed by atoms with Crippen LogP contribution in [0.2, 0.25) is 0 Å². The number of carbonyl (C=O) groups excluding carboxylic acids is 1. The summed E-state index contributed by atoms with van der Waals surface area (Å²) >= 11 is 3.37. The van der Waals surface area contributed by atoms with Gasteiger partial charge in [-0.2, -0.15) is 5.10 Å². The van der Waals surface area contributed by atoms with Crippen molar-refractivity contribution in [1.82, 2.24) is 14.3 Å². The molecular formula is C25H28BrN5O6. The average Bonchev–Trinajstić information content (AvgIpc) is 3.55. The van der Waals surface area contributed by atoms with Crippen molar-refractivity contribution in [3.8, 4) is 17.0 Å². The summed E-state index contributed by atoms with van der Waals surface area (Å²) in [6.45, 7) is 1.04. The lowest BCUT2D eigenvalue weighted by Crippen LogP contribution is -2.21. The number of nitro benzene ring substituents is 1. The highest BCUT2D eigenvalue weighted by atomic mass is 79.9. The number of nitrogens with one attached hydrogen (secondary N) is 1. The van der Waals surface area contributed by atoms with Crippen LogP contribution in [0.25, 0.3) is 11.1 Å². The zero-order valence-corrected chi connectivity index (χ0v) is 22.4. The number of hydrogen-bond donors (Lipinski definition) is 1. The van der Waals surface area contributed by atoms with Gasteiger partial charge in [0.05, 0.1) is 41.5 Å². The lowest BCUT2D eigenvalue weighted by molar-refractivity contribution is -0.384. The van der Waals surface area contributed by atoms with Crippen molar-refractivity contribution in [2.75, 3.05) is 25.6 Å². The molecule has 3 aromatic rings. The fourth-order valence-electron chi connectivity index (χ4n) is 4.32. The highest BCUT2D eigenvalue weighted by molar-refractivity contribution is 9.10. The van der Waals surface area contributed by atoms with Gasteiger partial charge in [-0.15, -0.1) is 0 Å². The van der Waals surface area contributed by atoms with Crippen molar-refractivity contribution < 1.29 is 19.2 Å². The van der Waals surface area contributed by atoms with Crippen molar-refractivity contribution in [3.05, 3.63) is 67.2 Å². The summed E-state index contributed by atoms with van der Waals surface area (Å²) in [5, 5.41) is 18.9. The number of ether oxygens (including phenoxy) is 2. The first kappa shape index (κ1) is 26.4. The first-order valence-corrected chi connectivity index (χ1v) is 12.6. The number of pyridine rings is 1. The van der Waals surface area contributed by atoms with E-state index in [-0.39, 0.29) is 27.1 Å². The van der Waals surface area contributed by atoms with Gasteiger partial charge in [0.25, 0.3) is 11.2 Å². The molecule has 0 radical (unpaired) electrons. The van der Waals surface area contributed by atoms with Crippen molar-refractivity contribution in [3.63, 3.8) is 0 Å². The van der Waals surface area contributed by atoms with E-state index >= 15 is 0 Å². The Balaban J connectivity index is 1.40. The third-order valence-electron chi connectivity index (χ3n) is 6.64. The topological polar surface area (TPSA) is 131 Å². The molecule has 0 amide bonds. The molecule has 2 aromatic heterocycles. The van der Waals surface area contributed by atoms with Crippen LogP contribution >= 0.6 is 15.9 Å². The van der Waals surface area contributed by atoms with E-state index in [4.69, 9.17) is 9.47 Å². The lowest BCUT2D eigenvalue weighted by atomic mass is 10.0. The van der Waals surface area contributed by atoms with Gasteiger partial charge < -0.3 is 19.4 Å². The summed E-state index contributed by atoms with van der Waals surface area (Å²) in [6.07, 6.45) is 6.69. The molecule has 1 fully saturated rings. The molecule has 1 aromatic carbocycles. The van der Waals surface area contributed by atoms with Crippen LogP contribution in [0.5, 0.6) is 5.88 Å². The molecule has 1 saturated carbocycles. The van der Waals surface area contributed by atoms with E-state index in [1.54, 1.807) is 37.1 Å². The van der Waals surface area contributed by atoms with Crippen molar-refractivity contribution in [2.24, 2.45) is 19.5 Å². The van der Waals surface area contributed by atoms with Crippen molar-refractivity contribution >= 4 is 33.3 Å². The van der Waals surface area contributed by atoms with Crippen molar-refractivity contribution in [2.45, 2.75) is 25.7 Å². The maximum absolute atomic E-state index is 12.8. The smallest absolute Gasteiger partial charge is 0.339 e. The third kappa shape index (κ3) is 5.85. The second-order valence-electron chi connectivity index (χ2n) is 9.26. The van der Waals surface area contributed by atoms with Crippen LogP contribution in [0.1, 0.15) is 36.0 Å². The number of rotatable bonds is 11. The molecule has 0 spiro atoms. The number of aryl methyl sites for hydroxylation is 2. The third-order valence-corrected chi connectivity index (χ3v) is 7.13. The Kier molecular flexibility index (Phi) is 7.67. The number of hydrogen-bond acceptors (Lipinski definition) is 8.